The first-order chi connectivity index (χ1) is 8.15. The number of methoxy groups -OCH3 is 1. The molecule has 1 N–H and O–H groups in total. The average Bonchev–Trinajstić information content (AvgIpc) is 2.74. The van der Waals surface area contributed by atoms with E-state index >= 15 is 0 Å². The van der Waals surface area contributed by atoms with Crippen LogP contribution in [0.15, 0.2) is 18.2 Å². The zero-order valence-corrected chi connectivity index (χ0v) is 10.8. The lowest BCUT2D eigenvalue weighted by molar-refractivity contribution is 0.194. The largest absolute Gasteiger partial charge is 0.496 e. The highest BCUT2D eigenvalue weighted by Gasteiger charge is 2.25. The predicted octanol–water partition coefficient (Wildman–Crippen LogP) is 2.74. The van der Waals surface area contributed by atoms with Crippen molar-refractivity contribution in [3.63, 3.8) is 0 Å². The van der Waals surface area contributed by atoms with Gasteiger partial charge in [-0.1, -0.05) is 6.07 Å². The van der Waals surface area contributed by atoms with Crippen LogP contribution in [0.4, 0.5) is 5.69 Å². The van der Waals surface area contributed by atoms with Crippen molar-refractivity contribution in [1.82, 2.24) is 0 Å². The Morgan fingerprint density at radius 2 is 2.24 bits per heavy atom. The van der Waals surface area contributed by atoms with Crippen molar-refractivity contribution in [2.24, 2.45) is 0 Å². The van der Waals surface area contributed by atoms with E-state index in [1.54, 1.807) is 14.0 Å². The van der Waals surface area contributed by atoms with Crippen molar-refractivity contribution in [2.45, 2.75) is 38.8 Å². The van der Waals surface area contributed by atoms with Gasteiger partial charge in [0.25, 0.3) is 0 Å². The van der Waals surface area contributed by atoms with Gasteiger partial charge in [0.2, 0.25) is 0 Å². The summed E-state index contributed by atoms with van der Waals surface area (Å²) in [6.07, 6.45) is 1.93. The van der Waals surface area contributed by atoms with E-state index in [1.807, 2.05) is 12.1 Å². The molecule has 2 atom stereocenters. The van der Waals surface area contributed by atoms with E-state index < -0.39 is 6.10 Å². The van der Waals surface area contributed by atoms with Crippen LogP contribution in [0, 0.1) is 0 Å². The summed E-state index contributed by atoms with van der Waals surface area (Å²) < 4.78 is 5.36. The fraction of sp³-hybridized carbons (Fsp3) is 0.571. The number of aliphatic hydroxyl groups is 1. The van der Waals surface area contributed by atoms with Gasteiger partial charge in [0.15, 0.2) is 0 Å². The molecule has 3 nitrogen and oxygen atoms in total. The van der Waals surface area contributed by atoms with Gasteiger partial charge < -0.3 is 14.7 Å². The molecule has 1 fully saturated rings. The second kappa shape index (κ2) is 4.96. The molecule has 0 spiro atoms. The van der Waals surface area contributed by atoms with Gasteiger partial charge in [0.1, 0.15) is 5.75 Å². The van der Waals surface area contributed by atoms with Crippen LogP contribution in [0.3, 0.4) is 0 Å². The maximum atomic E-state index is 9.96. The van der Waals surface area contributed by atoms with Crippen LogP contribution in [0.2, 0.25) is 0 Å². The maximum absolute atomic E-state index is 9.96. The minimum atomic E-state index is -0.506. The molecule has 1 aromatic rings. The number of hydrogen-bond acceptors (Lipinski definition) is 3. The summed E-state index contributed by atoms with van der Waals surface area (Å²) in [4.78, 5) is 2.37. The van der Waals surface area contributed by atoms with E-state index in [2.05, 4.69) is 17.9 Å². The molecule has 0 amide bonds. The van der Waals surface area contributed by atoms with E-state index in [9.17, 15) is 5.11 Å². The van der Waals surface area contributed by atoms with Crippen LogP contribution in [-0.2, 0) is 0 Å². The molecule has 3 heteroatoms. The number of hydrogen-bond donors (Lipinski definition) is 1. The molecule has 1 aliphatic heterocycles. The summed E-state index contributed by atoms with van der Waals surface area (Å²) in [7, 11) is 1.65. The number of nitrogens with zero attached hydrogens (tertiary/aromatic N) is 1. The normalized spacial score (nSPS) is 21.6. The fourth-order valence-electron chi connectivity index (χ4n) is 2.67. The summed E-state index contributed by atoms with van der Waals surface area (Å²) in [6, 6.07) is 6.52. The maximum Gasteiger partial charge on any atom is 0.126 e. The molecule has 0 bridgehead atoms. The van der Waals surface area contributed by atoms with Gasteiger partial charge in [-0.15, -0.1) is 0 Å². The molecule has 1 unspecified atom stereocenters. The third-order valence-electron chi connectivity index (χ3n) is 3.54. The summed E-state index contributed by atoms with van der Waals surface area (Å²) in [6.45, 7) is 5.09. The van der Waals surface area contributed by atoms with Gasteiger partial charge in [-0.25, -0.2) is 0 Å². The molecular formula is C14H21NO2. The van der Waals surface area contributed by atoms with Crippen molar-refractivity contribution >= 4 is 5.69 Å². The lowest BCUT2D eigenvalue weighted by Crippen LogP contribution is -2.27. The smallest absolute Gasteiger partial charge is 0.126 e. The highest BCUT2D eigenvalue weighted by Crippen LogP contribution is 2.37. The lowest BCUT2D eigenvalue weighted by Gasteiger charge is -2.28. The minimum Gasteiger partial charge on any atom is -0.496 e. The van der Waals surface area contributed by atoms with Gasteiger partial charge in [-0.2, -0.15) is 0 Å². The monoisotopic (exact) mass is 235 g/mol. The fourth-order valence-corrected chi connectivity index (χ4v) is 2.67. The Hall–Kier alpha value is -1.22. The average molecular weight is 235 g/mol. The van der Waals surface area contributed by atoms with E-state index in [4.69, 9.17) is 4.74 Å². The first-order valence-corrected chi connectivity index (χ1v) is 6.26. The van der Waals surface area contributed by atoms with Crippen LogP contribution in [0.1, 0.15) is 38.4 Å². The van der Waals surface area contributed by atoms with Crippen LogP contribution >= 0.6 is 0 Å². The standard InChI is InChI=1S/C14H21NO2/c1-10-6-5-9-15(10)12-7-4-8-13(17-3)14(12)11(2)16/h4,7-8,10-11,16H,5-6,9H2,1-3H3/t10?,11-/m0/s1. The van der Waals surface area contributed by atoms with Crippen LogP contribution in [0.5, 0.6) is 5.75 Å². The molecule has 0 radical (unpaired) electrons. The predicted molar refractivity (Wildman–Crippen MR) is 69.7 cm³/mol. The van der Waals surface area contributed by atoms with Gasteiger partial charge >= 0.3 is 0 Å². The molecule has 1 heterocycles. The molecule has 0 aromatic heterocycles. The van der Waals surface area contributed by atoms with Gasteiger partial charge in [-0.3, -0.25) is 0 Å². The van der Waals surface area contributed by atoms with Crippen molar-refractivity contribution in [2.75, 3.05) is 18.6 Å². The Morgan fingerprint density at radius 3 is 2.76 bits per heavy atom. The van der Waals surface area contributed by atoms with E-state index in [-0.39, 0.29) is 0 Å². The Bertz CT molecular complexity index is 390. The first kappa shape index (κ1) is 12.2. The first-order valence-electron chi connectivity index (χ1n) is 6.26. The number of aliphatic hydroxyl groups excluding tert-OH is 1. The minimum absolute atomic E-state index is 0.506. The van der Waals surface area contributed by atoms with Crippen LogP contribution < -0.4 is 9.64 Å². The van der Waals surface area contributed by atoms with E-state index in [0.29, 0.717) is 6.04 Å². The number of benzene rings is 1. The molecular weight excluding hydrogens is 214 g/mol. The highest BCUT2D eigenvalue weighted by atomic mass is 16.5. The summed E-state index contributed by atoms with van der Waals surface area (Å²) in [5.41, 5.74) is 2.02. The van der Waals surface area contributed by atoms with Crippen LogP contribution in [0.25, 0.3) is 0 Å². The number of ether oxygens (including phenoxy) is 1. The molecule has 0 saturated carbocycles. The zero-order valence-electron chi connectivity index (χ0n) is 10.8. The Balaban J connectivity index is 2.45. The van der Waals surface area contributed by atoms with E-state index in [0.717, 1.165) is 23.5 Å². The third-order valence-corrected chi connectivity index (χ3v) is 3.54. The van der Waals surface area contributed by atoms with Gasteiger partial charge in [0, 0.05) is 23.8 Å². The summed E-state index contributed by atoms with van der Waals surface area (Å²) in [5.74, 6) is 0.775. The zero-order chi connectivity index (χ0) is 12.4. The van der Waals surface area contributed by atoms with E-state index in [1.165, 1.54) is 12.8 Å². The molecule has 1 aliphatic rings. The lowest BCUT2D eigenvalue weighted by atomic mass is 10.1. The highest BCUT2D eigenvalue weighted by molar-refractivity contribution is 5.61. The quantitative estimate of drug-likeness (QED) is 0.874. The van der Waals surface area contributed by atoms with Crippen molar-refractivity contribution in [3.05, 3.63) is 23.8 Å². The molecule has 94 valence electrons. The molecule has 2 rings (SSSR count). The van der Waals surface area contributed by atoms with Crippen molar-refractivity contribution in [1.29, 1.82) is 0 Å². The summed E-state index contributed by atoms with van der Waals surface area (Å²) >= 11 is 0. The van der Waals surface area contributed by atoms with Crippen LogP contribution in [-0.4, -0.2) is 24.8 Å². The topological polar surface area (TPSA) is 32.7 Å². The Kier molecular flexibility index (Phi) is 3.57. The Morgan fingerprint density at radius 1 is 1.47 bits per heavy atom. The molecule has 17 heavy (non-hydrogen) atoms. The molecule has 1 saturated heterocycles. The second-order valence-corrected chi connectivity index (χ2v) is 4.75. The van der Waals surface area contributed by atoms with Crippen molar-refractivity contribution in [3.8, 4) is 5.75 Å². The number of anilines is 1. The molecule has 0 aliphatic carbocycles. The van der Waals surface area contributed by atoms with Gasteiger partial charge in [-0.05, 0) is 38.8 Å². The Labute approximate surface area is 103 Å². The molecule has 1 aromatic carbocycles. The number of rotatable bonds is 3. The summed E-state index contributed by atoms with van der Waals surface area (Å²) in [5, 5.41) is 9.96. The third kappa shape index (κ3) is 2.25. The second-order valence-electron chi connectivity index (χ2n) is 4.75. The SMILES string of the molecule is COc1cccc(N2CCCC2C)c1[C@H](C)O. The van der Waals surface area contributed by atoms with Crippen molar-refractivity contribution < 1.29 is 9.84 Å². The van der Waals surface area contributed by atoms with Gasteiger partial charge in [0.05, 0.1) is 13.2 Å².